The first-order chi connectivity index (χ1) is 10.2. The van der Waals surface area contributed by atoms with E-state index in [-0.39, 0.29) is 5.91 Å². The number of hydrogen-bond donors (Lipinski definition) is 0. The van der Waals surface area contributed by atoms with E-state index in [1.54, 1.807) is 12.0 Å². The average molecular weight is 310 g/mol. The van der Waals surface area contributed by atoms with E-state index in [1.807, 2.05) is 37.3 Å². The fraction of sp³-hybridized carbons (Fsp3) is 0.438. The fourth-order valence-corrected chi connectivity index (χ4v) is 2.49. The second-order valence-corrected chi connectivity index (χ2v) is 5.27. The number of rotatable bonds is 6. The summed E-state index contributed by atoms with van der Waals surface area (Å²) in [6.45, 7) is 3.64. The number of nitrogens with zero attached hydrogens (tertiary/aromatic N) is 1. The number of amides is 1. The van der Waals surface area contributed by atoms with Gasteiger partial charge in [0.05, 0.1) is 6.61 Å². The number of allylic oxidation sites excluding steroid dienone is 1. The second-order valence-electron chi connectivity index (χ2n) is 4.74. The molecule has 114 valence electrons. The summed E-state index contributed by atoms with van der Waals surface area (Å²) in [5.41, 5.74) is 1.91. The number of methoxy groups -OCH3 is 1. The number of hydrogen-bond acceptors (Lipinski definition) is 3. The van der Waals surface area contributed by atoms with Crippen molar-refractivity contribution >= 4 is 23.2 Å². The maximum atomic E-state index is 12.1. The van der Waals surface area contributed by atoms with Gasteiger partial charge in [0.2, 0.25) is 5.91 Å². The molecule has 0 aliphatic carbocycles. The standard InChI is InChI=1S/C16H20ClNO3/c1-3-18-15(9-8-14(17)16(18)19)12-4-6-13(7-5-12)21-11-10-20-2/h4-7,9,14H,3,8,10-11H2,1-2H3. The van der Waals surface area contributed by atoms with Gasteiger partial charge in [-0.25, -0.2) is 0 Å². The summed E-state index contributed by atoms with van der Waals surface area (Å²) in [6, 6.07) is 7.71. The zero-order valence-corrected chi connectivity index (χ0v) is 13.1. The smallest absolute Gasteiger partial charge is 0.245 e. The van der Waals surface area contributed by atoms with Gasteiger partial charge in [0, 0.05) is 19.4 Å². The number of carbonyl (C=O) groups is 1. The lowest BCUT2D eigenvalue weighted by Crippen LogP contribution is -2.38. The lowest BCUT2D eigenvalue weighted by molar-refractivity contribution is -0.127. The van der Waals surface area contributed by atoms with E-state index in [9.17, 15) is 4.79 Å². The molecular weight excluding hydrogens is 290 g/mol. The van der Waals surface area contributed by atoms with Gasteiger partial charge in [-0.2, -0.15) is 0 Å². The number of benzene rings is 1. The van der Waals surface area contributed by atoms with E-state index >= 15 is 0 Å². The van der Waals surface area contributed by atoms with Crippen LogP contribution in [0, 0.1) is 0 Å². The molecule has 1 aromatic carbocycles. The molecule has 2 rings (SSSR count). The van der Waals surface area contributed by atoms with Crippen LogP contribution < -0.4 is 4.74 Å². The first-order valence-electron chi connectivity index (χ1n) is 7.05. The topological polar surface area (TPSA) is 38.8 Å². The highest BCUT2D eigenvalue weighted by molar-refractivity contribution is 6.31. The van der Waals surface area contributed by atoms with Crippen molar-refractivity contribution in [3.8, 4) is 5.75 Å². The largest absolute Gasteiger partial charge is 0.491 e. The molecule has 1 amide bonds. The number of carbonyl (C=O) groups excluding carboxylic acids is 1. The van der Waals surface area contributed by atoms with Gasteiger partial charge < -0.3 is 14.4 Å². The van der Waals surface area contributed by atoms with Gasteiger partial charge in [0.15, 0.2) is 0 Å². The van der Waals surface area contributed by atoms with E-state index in [1.165, 1.54) is 0 Å². The Hall–Kier alpha value is -1.52. The highest BCUT2D eigenvalue weighted by atomic mass is 35.5. The highest BCUT2D eigenvalue weighted by Crippen LogP contribution is 2.28. The van der Waals surface area contributed by atoms with Crippen LogP contribution in [-0.2, 0) is 9.53 Å². The zero-order valence-electron chi connectivity index (χ0n) is 12.3. The van der Waals surface area contributed by atoms with Gasteiger partial charge in [0.1, 0.15) is 17.7 Å². The van der Waals surface area contributed by atoms with Gasteiger partial charge in [-0.15, -0.1) is 11.6 Å². The van der Waals surface area contributed by atoms with Crippen LogP contribution in [0.3, 0.4) is 0 Å². The van der Waals surface area contributed by atoms with Crippen LogP contribution in [0.4, 0.5) is 0 Å². The van der Waals surface area contributed by atoms with Crippen molar-refractivity contribution in [3.05, 3.63) is 35.9 Å². The highest BCUT2D eigenvalue weighted by Gasteiger charge is 2.28. The Bertz CT molecular complexity index is 513. The third-order valence-corrected chi connectivity index (χ3v) is 3.73. The first-order valence-corrected chi connectivity index (χ1v) is 7.48. The van der Waals surface area contributed by atoms with Crippen LogP contribution in [0.2, 0.25) is 0 Å². The van der Waals surface area contributed by atoms with E-state index in [0.29, 0.717) is 26.2 Å². The molecule has 0 bridgehead atoms. The van der Waals surface area contributed by atoms with E-state index in [4.69, 9.17) is 21.1 Å². The Kier molecular flexibility index (Phi) is 5.65. The minimum absolute atomic E-state index is 0.0305. The molecule has 1 aliphatic rings. The monoisotopic (exact) mass is 309 g/mol. The number of halogens is 1. The van der Waals surface area contributed by atoms with Crippen molar-refractivity contribution in [2.75, 3.05) is 26.9 Å². The zero-order chi connectivity index (χ0) is 15.2. The maximum absolute atomic E-state index is 12.1. The molecule has 0 saturated carbocycles. The molecule has 1 heterocycles. The predicted octanol–water partition coefficient (Wildman–Crippen LogP) is 2.91. The molecule has 0 aromatic heterocycles. The van der Waals surface area contributed by atoms with E-state index < -0.39 is 5.38 Å². The fourth-order valence-electron chi connectivity index (χ4n) is 2.28. The number of ether oxygens (including phenoxy) is 2. The molecule has 0 N–H and O–H groups in total. The summed E-state index contributed by atoms with van der Waals surface area (Å²) in [7, 11) is 1.64. The minimum Gasteiger partial charge on any atom is -0.491 e. The van der Waals surface area contributed by atoms with Crippen molar-refractivity contribution in [2.45, 2.75) is 18.7 Å². The molecule has 0 saturated heterocycles. The van der Waals surface area contributed by atoms with Gasteiger partial charge in [0.25, 0.3) is 0 Å². The molecule has 1 unspecified atom stereocenters. The van der Waals surface area contributed by atoms with Gasteiger partial charge in [-0.05, 0) is 43.2 Å². The molecule has 4 nitrogen and oxygen atoms in total. The first kappa shape index (κ1) is 15.9. The summed E-state index contributed by atoms with van der Waals surface area (Å²) >= 11 is 6.02. The molecule has 1 aromatic rings. The molecule has 0 fully saturated rings. The lowest BCUT2D eigenvalue weighted by Gasteiger charge is -2.30. The third-order valence-electron chi connectivity index (χ3n) is 3.37. The quantitative estimate of drug-likeness (QED) is 0.599. The molecule has 0 spiro atoms. The van der Waals surface area contributed by atoms with Crippen LogP contribution >= 0.6 is 11.6 Å². The average Bonchev–Trinajstić information content (AvgIpc) is 2.51. The second kappa shape index (κ2) is 7.48. The summed E-state index contributed by atoms with van der Waals surface area (Å²) in [6.07, 6.45) is 2.58. The van der Waals surface area contributed by atoms with E-state index in [2.05, 4.69) is 0 Å². The van der Waals surface area contributed by atoms with Crippen LogP contribution in [0.25, 0.3) is 5.70 Å². The Morgan fingerprint density at radius 3 is 2.62 bits per heavy atom. The van der Waals surface area contributed by atoms with Crippen molar-refractivity contribution < 1.29 is 14.3 Å². The summed E-state index contributed by atoms with van der Waals surface area (Å²) in [4.78, 5) is 13.8. The maximum Gasteiger partial charge on any atom is 0.245 e. The summed E-state index contributed by atoms with van der Waals surface area (Å²) in [5.74, 6) is 0.758. The third kappa shape index (κ3) is 3.77. The lowest BCUT2D eigenvalue weighted by atomic mass is 10.0. The summed E-state index contributed by atoms with van der Waals surface area (Å²) in [5, 5.41) is -0.453. The Morgan fingerprint density at radius 2 is 2.00 bits per heavy atom. The molecular formula is C16H20ClNO3. The normalized spacial score (nSPS) is 18.6. The molecule has 5 heteroatoms. The van der Waals surface area contributed by atoms with Crippen LogP contribution in [0.1, 0.15) is 18.9 Å². The van der Waals surface area contributed by atoms with Crippen molar-refractivity contribution in [1.29, 1.82) is 0 Å². The van der Waals surface area contributed by atoms with Crippen LogP contribution in [0.5, 0.6) is 5.75 Å². The van der Waals surface area contributed by atoms with Gasteiger partial charge in [-0.1, -0.05) is 6.08 Å². The van der Waals surface area contributed by atoms with Crippen LogP contribution in [0.15, 0.2) is 30.3 Å². The molecule has 0 radical (unpaired) electrons. The van der Waals surface area contributed by atoms with Gasteiger partial charge in [-0.3, -0.25) is 4.79 Å². The SMILES string of the molecule is CCN1C(=O)C(Cl)CC=C1c1ccc(OCCOC)cc1. The predicted molar refractivity (Wildman–Crippen MR) is 83.4 cm³/mol. The Balaban J connectivity index is 2.12. The van der Waals surface area contributed by atoms with Crippen molar-refractivity contribution in [1.82, 2.24) is 4.90 Å². The van der Waals surface area contributed by atoms with Gasteiger partial charge >= 0.3 is 0 Å². The van der Waals surface area contributed by atoms with E-state index in [0.717, 1.165) is 17.0 Å². The summed E-state index contributed by atoms with van der Waals surface area (Å²) < 4.78 is 10.5. The molecule has 21 heavy (non-hydrogen) atoms. The van der Waals surface area contributed by atoms with Crippen molar-refractivity contribution in [2.24, 2.45) is 0 Å². The minimum atomic E-state index is -0.453. The molecule has 1 aliphatic heterocycles. The Morgan fingerprint density at radius 1 is 1.29 bits per heavy atom. The number of alkyl halides is 1. The van der Waals surface area contributed by atoms with Crippen LogP contribution in [-0.4, -0.2) is 43.1 Å². The van der Waals surface area contributed by atoms with Crippen molar-refractivity contribution in [3.63, 3.8) is 0 Å². The molecule has 1 atom stereocenters. The Labute approximate surface area is 130 Å².